The fraction of sp³-hybridized carbons (Fsp3) is 0.588. The highest BCUT2D eigenvalue weighted by molar-refractivity contribution is 5.68. The highest BCUT2D eigenvalue weighted by Gasteiger charge is 2.39. The molecule has 0 radical (unpaired) electrons. The number of rotatable bonds is 5. The molecule has 8 nitrogen and oxygen atoms in total. The topological polar surface area (TPSA) is 110 Å². The van der Waals surface area contributed by atoms with Crippen molar-refractivity contribution in [3.8, 4) is 0 Å². The van der Waals surface area contributed by atoms with Crippen LogP contribution in [0.25, 0.3) is 0 Å². The third kappa shape index (κ3) is 5.47. The van der Waals surface area contributed by atoms with Gasteiger partial charge in [-0.05, 0) is 33.6 Å². The Balaban J connectivity index is 2.00. The van der Waals surface area contributed by atoms with Gasteiger partial charge in [0, 0.05) is 31.1 Å². The van der Waals surface area contributed by atoms with Crippen molar-refractivity contribution in [2.75, 3.05) is 5.32 Å². The van der Waals surface area contributed by atoms with Gasteiger partial charge in [-0.1, -0.05) is 0 Å². The molecule has 1 aromatic rings. The molecule has 3 N–H and O–H groups in total. The summed E-state index contributed by atoms with van der Waals surface area (Å²) in [5.74, 6) is -0.548. The molecular formula is C17H24FN3O5. The Morgan fingerprint density at radius 3 is 2.62 bits per heavy atom. The lowest BCUT2D eigenvalue weighted by atomic mass is 9.87. The minimum atomic E-state index is -1.16. The number of nitrogens with one attached hydrogen (secondary N) is 3. The summed E-state index contributed by atoms with van der Waals surface area (Å²) in [6, 6.07) is 1.00. The second kappa shape index (κ2) is 7.76. The maximum atomic E-state index is 13.3. The number of aromatic amines is 1. The Morgan fingerprint density at radius 2 is 2.04 bits per heavy atom. The van der Waals surface area contributed by atoms with E-state index in [4.69, 9.17) is 9.47 Å². The summed E-state index contributed by atoms with van der Waals surface area (Å²) in [4.78, 5) is 36.9. The van der Waals surface area contributed by atoms with Crippen LogP contribution in [0.4, 0.5) is 14.9 Å². The maximum Gasteiger partial charge on any atom is 0.410 e. The normalized spacial score (nSPS) is 23.0. The Hall–Kier alpha value is -2.58. The standard InChI is InChI=1S/C17H24FN3O5/c1-16(2,3)26-15(24)21-17(25-10-22)6-4-12(5-7-17)20-13-8-11(18)9-19-14(13)23/h8-10,12,20H,4-7H2,1-3H3,(H,19,23)(H,21,24). The van der Waals surface area contributed by atoms with Gasteiger partial charge in [-0.15, -0.1) is 0 Å². The Bertz CT molecular complexity index is 705. The van der Waals surface area contributed by atoms with E-state index in [9.17, 15) is 18.8 Å². The van der Waals surface area contributed by atoms with Crippen molar-refractivity contribution in [2.45, 2.75) is 63.8 Å². The summed E-state index contributed by atoms with van der Waals surface area (Å²) in [6.07, 6.45) is 1.97. The maximum absolute atomic E-state index is 13.3. The van der Waals surface area contributed by atoms with Gasteiger partial charge >= 0.3 is 6.09 Å². The van der Waals surface area contributed by atoms with E-state index < -0.39 is 28.8 Å². The van der Waals surface area contributed by atoms with Gasteiger partial charge in [0.1, 0.15) is 17.1 Å². The number of carbonyl (C=O) groups excluding carboxylic acids is 2. The van der Waals surface area contributed by atoms with Gasteiger partial charge in [0.15, 0.2) is 5.72 Å². The second-order valence-electron chi connectivity index (χ2n) is 7.31. The first kappa shape index (κ1) is 19.7. The molecule has 1 fully saturated rings. The molecule has 0 aromatic carbocycles. The van der Waals surface area contributed by atoms with Gasteiger partial charge in [-0.25, -0.2) is 9.18 Å². The number of halogens is 1. The Labute approximate surface area is 150 Å². The summed E-state index contributed by atoms with van der Waals surface area (Å²) in [7, 11) is 0. The molecule has 1 aliphatic rings. The number of pyridine rings is 1. The summed E-state index contributed by atoms with van der Waals surface area (Å²) in [6.45, 7) is 5.49. The minimum Gasteiger partial charge on any atom is -0.444 e. The third-order valence-electron chi connectivity index (χ3n) is 4.02. The molecule has 0 saturated heterocycles. The lowest BCUT2D eigenvalue weighted by molar-refractivity contribution is -0.151. The molecule has 0 bridgehead atoms. The third-order valence-corrected chi connectivity index (χ3v) is 4.02. The smallest absolute Gasteiger partial charge is 0.410 e. The monoisotopic (exact) mass is 369 g/mol. The molecule has 26 heavy (non-hydrogen) atoms. The fourth-order valence-electron chi connectivity index (χ4n) is 2.87. The van der Waals surface area contributed by atoms with Crippen molar-refractivity contribution in [2.24, 2.45) is 0 Å². The predicted octanol–water partition coefficient (Wildman–Crippen LogP) is 2.26. The number of amides is 1. The number of anilines is 1. The van der Waals surface area contributed by atoms with E-state index in [1.54, 1.807) is 20.8 Å². The zero-order valence-corrected chi connectivity index (χ0v) is 15.1. The van der Waals surface area contributed by atoms with E-state index >= 15 is 0 Å². The first-order valence-corrected chi connectivity index (χ1v) is 8.40. The fourth-order valence-corrected chi connectivity index (χ4v) is 2.87. The van der Waals surface area contributed by atoms with Gasteiger partial charge < -0.3 is 19.8 Å². The summed E-state index contributed by atoms with van der Waals surface area (Å²) < 4.78 is 23.6. The van der Waals surface area contributed by atoms with Crippen LogP contribution >= 0.6 is 0 Å². The number of hydrogen-bond acceptors (Lipinski definition) is 6. The summed E-state index contributed by atoms with van der Waals surface area (Å²) >= 11 is 0. The Kier molecular flexibility index (Phi) is 5.89. The molecule has 2 rings (SSSR count). The summed E-state index contributed by atoms with van der Waals surface area (Å²) in [5.41, 5.74) is -2.11. The lowest BCUT2D eigenvalue weighted by Crippen LogP contribution is -2.54. The van der Waals surface area contributed by atoms with Gasteiger partial charge in [0.2, 0.25) is 0 Å². The zero-order valence-electron chi connectivity index (χ0n) is 15.1. The molecule has 1 saturated carbocycles. The molecule has 1 aliphatic carbocycles. The molecule has 0 aliphatic heterocycles. The van der Waals surface area contributed by atoms with Crippen molar-refractivity contribution in [1.29, 1.82) is 0 Å². The number of H-pyrrole nitrogens is 1. The van der Waals surface area contributed by atoms with Gasteiger partial charge in [0.25, 0.3) is 12.0 Å². The van der Waals surface area contributed by atoms with Crippen LogP contribution < -0.4 is 16.2 Å². The first-order chi connectivity index (χ1) is 12.1. The molecule has 1 amide bonds. The Morgan fingerprint density at radius 1 is 1.38 bits per heavy atom. The lowest BCUT2D eigenvalue weighted by Gasteiger charge is -2.39. The van der Waals surface area contributed by atoms with Gasteiger partial charge in [0.05, 0.1) is 0 Å². The van der Waals surface area contributed by atoms with Crippen LogP contribution in [0.5, 0.6) is 0 Å². The van der Waals surface area contributed by atoms with Crippen molar-refractivity contribution in [3.63, 3.8) is 0 Å². The van der Waals surface area contributed by atoms with Crippen molar-refractivity contribution >= 4 is 18.3 Å². The molecule has 0 atom stereocenters. The zero-order chi connectivity index (χ0) is 19.4. The predicted molar refractivity (Wildman–Crippen MR) is 92.1 cm³/mol. The molecular weight excluding hydrogens is 345 g/mol. The van der Waals surface area contributed by atoms with Crippen LogP contribution in [0.2, 0.25) is 0 Å². The van der Waals surface area contributed by atoms with Crippen molar-refractivity contribution in [1.82, 2.24) is 10.3 Å². The van der Waals surface area contributed by atoms with E-state index in [0.29, 0.717) is 32.2 Å². The van der Waals surface area contributed by atoms with Crippen molar-refractivity contribution in [3.05, 3.63) is 28.4 Å². The van der Waals surface area contributed by atoms with E-state index in [-0.39, 0.29) is 11.7 Å². The second-order valence-corrected chi connectivity index (χ2v) is 7.31. The molecule has 0 spiro atoms. The van der Waals surface area contributed by atoms with Crippen LogP contribution in [0.3, 0.4) is 0 Å². The summed E-state index contributed by atoms with van der Waals surface area (Å²) in [5, 5.41) is 5.61. The number of ether oxygens (including phenoxy) is 2. The average molecular weight is 369 g/mol. The average Bonchev–Trinajstić information content (AvgIpc) is 2.51. The van der Waals surface area contributed by atoms with E-state index in [2.05, 4.69) is 15.6 Å². The van der Waals surface area contributed by atoms with E-state index in [1.165, 1.54) is 0 Å². The highest BCUT2D eigenvalue weighted by atomic mass is 19.1. The van der Waals surface area contributed by atoms with Crippen LogP contribution in [0, 0.1) is 5.82 Å². The van der Waals surface area contributed by atoms with Crippen molar-refractivity contribution < 1.29 is 23.5 Å². The SMILES string of the molecule is CC(C)(C)OC(=O)NC1(OC=O)CCC(Nc2cc(F)c[nH]c2=O)CC1. The molecule has 9 heteroatoms. The van der Waals surface area contributed by atoms with E-state index in [0.717, 1.165) is 12.3 Å². The largest absolute Gasteiger partial charge is 0.444 e. The molecule has 1 aromatic heterocycles. The first-order valence-electron chi connectivity index (χ1n) is 8.40. The van der Waals surface area contributed by atoms with Gasteiger partial charge in [-0.2, -0.15) is 0 Å². The van der Waals surface area contributed by atoms with Crippen LogP contribution in [-0.2, 0) is 14.3 Å². The molecule has 0 unspecified atom stereocenters. The number of carbonyl (C=O) groups is 2. The molecule has 1 heterocycles. The quantitative estimate of drug-likeness (QED) is 0.543. The highest BCUT2D eigenvalue weighted by Crippen LogP contribution is 2.31. The van der Waals surface area contributed by atoms with Gasteiger partial charge in [-0.3, -0.25) is 14.9 Å². The van der Waals surface area contributed by atoms with Crippen LogP contribution in [0.15, 0.2) is 17.1 Å². The number of aromatic nitrogens is 1. The number of alkyl carbamates (subject to hydrolysis) is 1. The van der Waals surface area contributed by atoms with Crippen LogP contribution in [0.1, 0.15) is 46.5 Å². The number of hydrogen-bond donors (Lipinski definition) is 3. The van der Waals surface area contributed by atoms with E-state index in [1.807, 2.05) is 0 Å². The minimum absolute atomic E-state index is 0.123. The van der Waals surface area contributed by atoms with Crippen LogP contribution in [-0.4, -0.2) is 34.9 Å². The molecule has 144 valence electrons.